The molecule has 1 heterocycles. The standard InChI is InChI=1S/C14H26N2/c1-5-7-11(3)14(4)13(10-15)12(6-2)8-9-16-14/h11-13,16H,6,8-10,15H2,1-4H3. The molecule has 0 aromatic carbocycles. The number of hydrogen-bond donors (Lipinski definition) is 2. The normalized spacial score (nSPS) is 36.3. The topological polar surface area (TPSA) is 38.0 Å². The van der Waals surface area contributed by atoms with Crippen molar-refractivity contribution in [3.05, 3.63) is 0 Å². The summed E-state index contributed by atoms with van der Waals surface area (Å²) in [7, 11) is 0. The van der Waals surface area contributed by atoms with Gasteiger partial charge in [0, 0.05) is 11.5 Å². The predicted molar refractivity (Wildman–Crippen MR) is 70.0 cm³/mol. The van der Waals surface area contributed by atoms with Crippen molar-refractivity contribution in [1.29, 1.82) is 0 Å². The van der Waals surface area contributed by atoms with Crippen LogP contribution < -0.4 is 11.1 Å². The summed E-state index contributed by atoms with van der Waals surface area (Å²) in [4.78, 5) is 0. The summed E-state index contributed by atoms with van der Waals surface area (Å²) < 4.78 is 0. The second kappa shape index (κ2) is 5.70. The highest BCUT2D eigenvalue weighted by Gasteiger charge is 2.43. The molecule has 0 amide bonds. The van der Waals surface area contributed by atoms with E-state index in [4.69, 9.17) is 5.73 Å². The zero-order chi connectivity index (χ0) is 12.2. The lowest BCUT2D eigenvalue weighted by Crippen LogP contribution is -2.61. The zero-order valence-electron chi connectivity index (χ0n) is 11.1. The van der Waals surface area contributed by atoms with E-state index < -0.39 is 0 Å². The van der Waals surface area contributed by atoms with Crippen molar-refractivity contribution in [2.24, 2.45) is 23.5 Å². The van der Waals surface area contributed by atoms with Crippen LogP contribution in [0.4, 0.5) is 0 Å². The molecule has 1 aliphatic heterocycles. The van der Waals surface area contributed by atoms with E-state index in [0.717, 1.165) is 19.0 Å². The Hall–Kier alpha value is -0.520. The van der Waals surface area contributed by atoms with Gasteiger partial charge in [-0.15, -0.1) is 5.92 Å². The quantitative estimate of drug-likeness (QED) is 0.717. The van der Waals surface area contributed by atoms with Crippen LogP contribution in [0.2, 0.25) is 0 Å². The van der Waals surface area contributed by atoms with Crippen LogP contribution in [-0.2, 0) is 0 Å². The van der Waals surface area contributed by atoms with E-state index in [9.17, 15) is 0 Å². The van der Waals surface area contributed by atoms with Gasteiger partial charge in [-0.1, -0.05) is 19.3 Å². The molecular weight excluding hydrogens is 196 g/mol. The molecule has 16 heavy (non-hydrogen) atoms. The van der Waals surface area contributed by atoms with E-state index in [1.54, 1.807) is 0 Å². The molecule has 1 aliphatic rings. The van der Waals surface area contributed by atoms with Crippen LogP contribution in [0.3, 0.4) is 0 Å². The first-order valence-corrected chi connectivity index (χ1v) is 6.47. The summed E-state index contributed by atoms with van der Waals surface area (Å²) in [5.74, 6) is 7.99. The molecule has 1 rings (SSSR count). The number of nitrogens with one attached hydrogen (secondary N) is 1. The minimum Gasteiger partial charge on any atom is -0.330 e. The van der Waals surface area contributed by atoms with E-state index in [1.807, 2.05) is 6.92 Å². The summed E-state index contributed by atoms with van der Waals surface area (Å²) in [5.41, 5.74) is 6.07. The van der Waals surface area contributed by atoms with Crippen LogP contribution in [0, 0.1) is 29.6 Å². The molecule has 1 fully saturated rings. The highest BCUT2D eigenvalue weighted by molar-refractivity contribution is 5.12. The molecule has 4 atom stereocenters. The first kappa shape index (κ1) is 13.5. The number of nitrogens with two attached hydrogens (primary N) is 1. The highest BCUT2D eigenvalue weighted by atomic mass is 15.0. The molecule has 0 saturated carbocycles. The summed E-state index contributed by atoms with van der Waals surface area (Å²) in [6.07, 6.45) is 2.48. The van der Waals surface area contributed by atoms with Crippen molar-refractivity contribution in [1.82, 2.24) is 5.32 Å². The number of rotatable bonds is 3. The summed E-state index contributed by atoms with van der Waals surface area (Å²) in [6.45, 7) is 10.6. The van der Waals surface area contributed by atoms with Gasteiger partial charge in [0.05, 0.1) is 0 Å². The Balaban J connectivity index is 2.92. The molecule has 3 N–H and O–H groups in total. The van der Waals surface area contributed by atoms with Gasteiger partial charge >= 0.3 is 0 Å². The van der Waals surface area contributed by atoms with Crippen LogP contribution in [0.15, 0.2) is 0 Å². The van der Waals surface area contributed by atoms with Crippen molar-refractivity contribution in [3.8, 4) is 11.8 Å². The van der Waals surface area contributed by atoms with Gasteiger partial charge in [0.2, 0.25) is 0 Å². The van der Waals surface area contributed by atoms with Gasteiger partial charge in [-0.3, -0.25) is 0 Å². The summed E-state index contributed by atoms with van der Waals surface area (Å²) in [5, 5.41) is 3.66. The SMILES string of the molecule is CC#CC(C)C1(C)NCCC(CC)C1CN. The molecular formula is C14H26N2. The fourth-order valence-electron chi connectivity index (χ4n) is 3.12. The minimum atomic E-state index is 0.0800. The first-order valence-electron chi connectivity index (χ1n) is 6.47. The Labute approximate surface area is 100 Å². The molecule has 4 unspecified atom stereocenters. The number of piperidine rings is 1. The van der Waals surface area contributed by atoms with E-state index in [-0.39, 0.29) is 5.54 Å². The van der Waals surface area contributed by atoms with Crippen molar-refractivity contribution < 1.29 is 0 Å². The summed E-state index contributed by atoms with van der Waals surface area (Å²) >= 11 is 0. The third-order valence-corrected chi connectivity index (χ3v) is 4.40. The van der Waals surface area contributed by atoms with Crippen LogP contribution >= 0.6 is 0 Å². The van der Waals surface area contributed by atoms with Gasteiger partial charge in [0.25, 0.3) is 0 Å². The Kier molecular flexibility index (Phi) is 4.83. The summed E-state index contributed by atoms with van der Waals surface area (Å²) in [6, 6.07) is 0. The molecule has 0 radical (unpaired) electrons. The van der Waals surface area contributed by atoms with Gasteiger partial charge < -0.3 is 11.1 Å². The van der Waals surface area contributed by atoms with Crippen molar-refractivity contribution >= 4 is 0 Å². The van der Waals surface area contributed by atoms with Crippen molar-refractivity contribution in [3.63, 3.8) is 0 Å². The van der Waals surface area contributed by atoms with Crippen LogP contribution in [0.5, 0.6) is 0 Å². The minimum absolute atomic E-state index is 0.0800. The smallest absolute Gasteiger partial charge is 0.0357 e. The maximum Gasteiger partial charge on any atom is 0.0357 e. The van der Waals surface area contributed by atoms with Gasteiger partial charge in [0.1, 0.15) is 0 Å². The molecule has 92 valence electrons. The highest BCUT2D eigenvalue weighted by Crippen LogP contribution is 2.37. The second-order valence-corrected chi connectivity index (χ2v) is 5.12. The molecule has 0 aromatic rings. The maximum absolute atomic E-state index is 5.99. The molecule has 0 spiro atoms. The lowest BCUT2D eigenvalue weighted by atomic mass is 9.66. The lowest BCUT2D eigenvalue weighted by Gasteiger charge is -2.48. The van der Waals surface area contributed by atoms with Crippen LogP contribution in [-0.4, -0.2) is 18.6 Å². The molecule has 2 heteroatoms. The lowest BCUT2D eigenvalue weighted by molar-refractivity contribution is 0.0848. The van der Waals surface area contributed by atoms with Gasteiger partial charge in [-0.05, 0) is 52.1 Å². The average molecular weight is 222 g/mol. The van der Waals surface area contributed by atoms with Crippen LogP contribution in [0.1, 0.15) is 40.5 Å². The van der Waals surface area contributed by atoms with Crippen LogP contribution in [0.25, 0.3) is 0 Å². The zero-order valence-corrected chi connectivity index (χ0v) is 11.1. The number of hydrogen-bond acceptors (Lipinski definition) is 2. The van der Waals surface area contributed by atoms with Gasteiger partial charge in [-0.2, -0.15) is 0 Å². The Bertz CT molecular complexity index is 276. The average Bonchev–Trinajstić information content (AvgIpc) is 2.28. The molecule has 2 nitrogen and oxygen atoms in total. The third kappa shape index (κ3) is 2.42. The largest absolute Gasteiger partial charge is 0.330 e. The van der Waals surface area contributed by atoms with Crippen molar-refractivity contribution in [2.45, 2.75) is 46.1 Å². The van der Waals surface area contributed by atoms with Crippen molar-refractivity contribution in [2.75, 3.05) is 13.1 Å². The van der Waals surface area contributed by atoms with E-state index in [1.165, 1.54) is 12.8 Å². The van der Waals surface area contributed by atoms with Gasteiger partial charge in [0.15, 0.2) is 0 Å². The predicted octanol–water partition coefficient (Wildman–Crippen LogP) is 2.00. The maximum atomic E-state index is 5.99. The molecule has 0 bridgehead atoms. The molecule has 0 aromatic heterocycles. The fourth-order valence-corrected chi connectivity index (χ4v) is 3.12. The monoisotopic (exact) mass is 222 g/mol. The first-order chi connectivity index (χ1) is 7.60. The third-order valence-electron chi connectivity index (χ3n) is 4.40. The van der Waals surface area contributed by atoms with E-state index in [0.29, 0.717) is 11.8 Å². The Morgan fingerprint density at radius 2 is 2.25 bits per heavy atom. The fraction of sp³-hybridized carbons (Fsp3) is 0.857. The molecule has 1 saturated heterocycles. The Morgan fingerprint density at radius 3 is 2.75 bits per heavy atom. The van der Waals surface area contributed by atoms with E-state index >= 15 is 0 Å². The van der Waals surface area contributed by atoms with Gasteiger partial charge in [-0.25, -0.2) is 0 Å². The Morgan fingerprint density at radius 1 is 1.56 bits per heavy atom. The van der Waals surface area contributed by atoms with E-state index in [2.05, 4.69) is 37.9 Å². The second-order valence-electron chi connectivity index (χ2n) is 5.12. The molecule has 0 aliphatic carbocycles.